The number of hydrogen-bond acceptors (Lipinski definition) is 6. The Morgan fingerprint density at radius 3 is 3.05 bits per heavy atom. The molecule has 1 aliphatic heterocycles. The van der Waals surface area contributed by atoms with Crippen LogP contribution in [0.3, 0.4) is 0 Å². The molecule has 1 aliphatic rings. The van der Waals surface area contributed by atoms with Crippen LogP contribution in [0.5, 0.6) is 0 Å². The molecule has 2 aromatic rings. The second-order valence-corrected chi connectivity index (χ2v) is 7.66. The fourth-order valence-corrected chi connectivity index (χ4v) is 4.36. The highest BCUT2D eigenvalue weighted by molar-refractivity contribution is 7.99. The lowest BCUT2D eigenvalue weighted by molar-refractivity contribution is -0.131. The average molecular weight is 336 g/mol. The number of carbonyl (C=O) groups is 1. The molecule has 2 aromatic heterocycles. The van der Waals surface area contributed by atoms with Crippen LogP contribution in [-0.4, -0.2) is 52.7 Å². The van der Waals surface area contributed by atoms with Gasteiger partial charge in [-0.05, 0) is 19.4 Å². The van der Waals surface area contributed by atoms with Crippen LogP contribution >= 0.6 is 23.1 Å². The molecule has 0 bridgehead atoms. The molecule has 5 nitrogen and oxygen atoms in total. The molecule has 1 amide bonds. The maximum atomic E-state index is 12.1. The summed E-state index contributed by atoms with van der Waals surface area (Å²) >= 11 is 3.42. The van der Waals surface area contributed by atoms with Gasteiger partial charge in [0.25, 0.3) is 0 Å². The zero-order valence-electron chi connectivity index (χ0n) is 12.7. The van der Waals surface area contributed by atoms with E-state index < -0.39 is 0 Å². The summed E-state index contributed by atoms with van der Waals surface area (Å²) in [5.74, 6) is 1.19. The second kappa shape index (κ2) is 7.39. The van der Waals surface area contributed by atoms with Gasteiger partial charge in [-0.15, -0.1) is 23.1 Å². The predicted octanol–water partition coefficient (Wildman–Crippen LogP) is 2.30. The van der Waals surface area contributed by atoms with Gasteiger partial charge in [-0.1, -0.05) is 0 Å². The quantitative estimate of drug-likeness (QED) is 0.516. The van der Waals surface area contributed by atoms with Crippen LogP contribution in [0.4, 0.5) is 0 Å². The normalized spacial score (nSPS) is 15.4. The standard InChI is InChI=1S/C15H20N4OS2/c1-11-9-12-14(17-10-18-15(12)22-11)21-8-2-3-13(20)19-6-4-16-5-7-19/h9-10,16H,2-8H2,1H3. The third kappa shape index (κ3) is 3.77. The van der Waals surface area contributed by atoms with Gasteiger partial charge in [-0.3, -0.25) is 4.79 Å². The van der Waals surface area contributed by atoms with Crippen molar-refractivity contribution in [2.45, 2.75) is 24.8 Å². The number of thioether (sulfide) groups is 1. The topological polar surface area (TPSA) is 58.1 Å². The minimum Gasteiger partial charge on any atom is -0.340 e. The van der Waals surface area contributed by atoms with E-state index in [0.29, 0.717) is 6.42 Å². The molecule has 0 radical (unpaired) electrons. The van der Waals surface area contributed by atoms with E-state index in [1.54, 1.807) is 29.4 Å². The van der Waals surface area contributed by atoms with Crippen LogP contribution in [0.25, 0.3) is 10.2 Å². The summed E-state index contributed by atoms with van der Waals surface area (Å²) in [6, 6.07) is 2.15. The van der Waals surface area contributed by atoms with Crippen LogP contribution in [0.15, 0.2) is 17.4 Å². The van der Waals surface area contributed by atoms with Gasteiger partial charge in [0, 0.05) is 48.6 Å². The van der Waals surface area contributed by atoms with Gasteiger partial charge in [0.1, 0.15) is 16.2 Å². The summed E-state index contributed by atoms with van der Waals surface area (Å²) < 4.78 is 0. The van der Waals surface area contributed by atoms with E-state index in [1.807, 2.05) is 4.90 Å². The Morgan fingerprint density at radius 1 is 1.41 bits per heavy atom. The SMILES string of the molecule is Cc1cc2c(SCCCC(=O)N3CCNCC3)ncnc2s1. The number of nitrogens with zero attached hydrogens (tertiary/aromatic N) is 3. The van der Waals surface area contributed by atoms with E-state index in [0.717, 1.165) is 53.6 Å². The first-order valence-corrected chi connectivity index (χ1v) is 9.36. The molecular weight excluding hydrogens is 316 g/mol. The Kier molecular flexibility index (Phi) is 5.28. The Balaban J connectivity index is 1.49. The molecule has 1 saturated heterocycles. The van der Waals surface area contributed by atoms with Gasteiger partial charge in [0.2, 0.25) is 5.91 Å². The zero-order chi connectivity index (χ0) is 15.4. The summed E-state index contributed by atoms with van der Waals surface area (Å²) in [4.78, 5) is 25.0. The van der Waals surface area contributed by atoms with Crippen molar-refractivity contribution < 1.29 is 4.79 Å². The molecule has 3 rings (SSSR count). The van der Waals surface area contributed by atoms with Crippen molar-refractivity contribution in [3.8, 4) is 0 Å². The van der Waals surface area contributed by atoms with Crippen molar-refractivity contribution in [1.29, 1.82) is 0 Å². The number of piperazine rings is 1. The lowest BCUT2D eigenvalue weighted by Gasteiger charge is -2.27. The fraction of sp³-hybridized carbons (Fsp3) is 0.533. The number of fused-ring (bicyclic) bond motifs is 1. The van der Waals surface area contributed by atoms with Crippen molar-refractivity contribution in [1.82, 2.24) is 20.2 Å². The van der Waals surface area contributed by atoms with E-state index in [4.69, 9.17) is 0 Å². The Bertz CT molecular complexity index is 652. The number of amides is 1. The number of aromatic nitrogens is 2. The monoisotopic (exact) mass is 336 g/mol. The Labute approximate surface area is 138 Å². The number of carbonyl (C=O) groups excluding carboxylic acids is 1. The van der Waals surface area contributed by atoms with Crippen molar-refractivity contribution >= 4 is 39.2 Å². The Hall–Kier alpha value is -1.18. The number of thiophene rings is 1. The zero-order valence-corrected chi connectivity index (χ0v) is 14.3. The molecule has 1 fully saturated rings. The van der Waals surface area contributed by atoms with Gasteiger partial charge >= 0.3 is 0 Å². The molecule has 0 aromatic carbocycles. The van der Waals surface area contributed by atoms with Crippen molar-refractivity contribution in [2.75, 3.05) is 31.9 Å². The summed E-state index contributed by atoms with van der Waals surface area (Å²) in [5, 5.41) is 5.44. The molecule has 0 atom stereocenters. The summed E-state index contributed by atoms with van der Waals surface area (Å²) in [6.45, 7) is 5.60. The molecule has 22 heavy (non-hydrogen) atoms. The minimum absolute atomic E-state index is 0.279. The second-order valence-electron chi connectivity index (χ2n) is 5.34. The molecule has 0 unspecified atom stereocenters. The van der Waals surface area contributed by atoms with Gasteiger partial charge in [-0.2, -0.15) is 0 Å². The van der Waals surface area contributed by atoms with Gasteiger partial charge in [0.15, 0.2) is 0 Å². The largest absolute Gasteiger partial charge is 0.340 e. The summed E-state index contributed by atoms with van der Waals surface area (Å²) in [5.41, 5.74) is 0. The number of rotatable bonds is 5. The molecular formula is C15H20N4OS2. The van der Waals surface area contributed by atoms with Crippen LogP contribution in [0, 0.1) is 6.92 Å². The van der Waals surface area contributed by atoms with E-state index in [2.05, 4.69) is 28.3 Å². The molecule has 1 N–H and O–H groups in total. The lowest BCUT2D eigenvalue weighted by atomic mass is 10.2. The molecule has 3 heterocycles. The maximum Gasteiger partial charge on any atom is 0.222 e. The minimum atomic E-state index is 0.279. The first-order chi connectivity index (χ1) is 10.7. The highest BCUT2D eigenvalue weighted by atomic mass is 32.2. The van der Waals surface area contributed by atoms with Crippen molar-refractivity contribution in [2.24, 2.45) is 0 Å². The first-order valence-electron chi connectivity index (χ1n) is 7.56. The van der Waals surface area contributed by atoms with Crippen molar-refractivity contribution in [3.63, 3.8) is 0 Å². The van der Waals surface area contributed by atoms with Crippen LogP contribution in [0.2, 0.25) is 0 Å². The molecule has 0 aliphatic carbocycles. The molecule has 0 saturated carbocycles. The smallest absolute Gasteiger partial charge is 0.222 e. The van der Waals surface area contributed by atoms with E-state index in [9.17, 15) is 4.79 Å². The number of nitrogens with one attached hydrogen (secondary N) is 1. The van der Waals surface area contributed by atoms with E-state index in [-0.39, 0.29) is 5.91 Å². The predicted molar refractivity (Wildman–Crippen MR) is 91.6 cm³/mol. The fourth-order valence-electron chi connectivity index (χ4n) is 2.53. The lowest BCUT2D eigenvalue weighted by Crippen LogP contribution is -2.46. The van der Waals surface area contributed by atoms with E-state index >= 15 is 0 Å². The highest BCUT2D eigenvalue weighted by Gasteiger charge is 2.15. The Morgan fingerprint density at radius 2 is 2.23 bits per heavy atom. The third-order valence-electron chi connectivity index (χ3n) is 3.66. The van der Waals surface area contributed by atoms with Crippen molar-refractivity contribution in [3.05, 3.63) is 17.3 Å². The van der Waals surface area contributed by atoms with Gasteiger partial charge in [-0.25, -0.2) is 9.97 Å². The highest BCUT2D eigenvalue weighted by Crippen LogP contribution is 2.30. The van der Waals surface area contributed by atoms with Crippen LogP contribution in [0.1, 0.15) is 17.7 Å². The maximum absolute atomic E-state index is 12.1. The molecule has 7 heteroatoms. The van der Waals surface area contributed by atoms with Gasteiger partial charge < -0.3 is 10.2 Å². The summed E-state index contributed by atoms with van der Waals surface area (Å²) in [6.07, 6.45) is 3.15. The first kappa shape index (κ1) is 15.7. The number of hydrogen-bond donors (Lipinski definition) is 1. The van der Waals surface area contributed by atoms with Crippen LogP contribution < -0.4 is 5.32 Å². The summed E-state index contributed by atoms with van der Waals surface area (Å²) in [7, 11) is 0. The molecule has 118 valence electrons. The number of aryl methyl sites for hydroxylation is 1. The average Bonchev–Trinajstić information content (AvgIpc) is 2.93. The van der Waals surface area contributed by atoms with Gasteiger partial charge in [0.05, 0.1) is 0 Å². The van der Waals surface area contributed by atoms with E-state index in [1.165, 1.54) is 4.88 Å². The van der Waals surface area contributed by atoms with Crippen LogP contribution in [-0.2, 0) is 4.79 Å². The third-order valence-corrected chi connectivity index (χ3v) is 5.71. The molecule has 0 spiro atoms.